The number of aromatic nitrogens is 3. The summed E-state index contributed by atoms with van der Waals surface area (Å²) in [7, 11) is 0. The van der Waals surface area contributed by atoms with Crippen LogP contribution in [0.3, 0.4) is 0 Å². The maximum Gasteiger partial charge on any atom is 0.0972 e. The van der Waals surface area contributed by atoms with Crippen molar-refractivity contribution < 1.29 is 0 Å². The Labute approximate surface area is 312 Å². The van der Waals surface area contributed by atoms with E-state index in [1.165, 1.54) is 65.7 Å². The van der Waals surface area contributed by atoms with Gasteiger partial charge in [-0.25, -0.2) is 9.97 Å². The molecule has 11 rings (SSSR count). The lowest BCUT2D eigenvalue weighted by atomic mass is 9.87. The standard InChI is InChI=1S/C51H31N3/c1-2-5-32(6-3-1)33-8-10-34(11-9-33)42-24-18-37-21-27-45-43(25-19-38-20-26-44(42)48(37)49(38)45)35-12-14-36(15-13-35)46-28-22-39-16-17-40-23-29-47(41-7-4-30-52-31-41)54-51(40)50(39)53-46/h1-31H. The van der Waals surface area contributed by atoms with Gasteiger partial charge >= 0.3 is 0 Å². The first kappa shape index (κ1) is 30.4. The Balaban J connectivity index is 0.981. The molecular formula is C51H31N3. The smallest absolute Gasteiger partial charge is 0.0972 e. The molecule has 0 atom stereocenters. The minimum absolute atomic E-state index is 0.890. The molecule has 0 radical (unpaired) electrons. The van der Waals surface area contributed by atoms with Crippen molar-refractivity contribution >= 4 is 54.1 Å². The highest BCUT2D eigenvalue weighted by Crippen LogP contribution is 2.43. The molecular weight excluding hydrogens is 655 g/mol. The van der Waals surface area contributed by atoms with E-state index in [0.29, 0.717) is 0 Å². The van der Waals surface area contributed by atoms with Crippen LogP contribution in [-0.4, -0.2) is 15.0 Å². The molecule has 3 heterocycles. The fourth-order valence-electron chi connectivity index (χ4n) is 8.20. The number of fused-ring (bicyclic) bond motifs is 3. The summed E-state index contributed by atoms with van der Waals surface area (Å²) in [5.41, 5.74) is 13.0. The van der Waals surface area contributed by atoms with Gasteiger partial charge in [-0.2, -0.15) is 0 Å². The Hall–Kier alpha value is -7.23. The molecule has 0 aliphatic rings. The number of pyridine rings is 3. The van der Waals surface area contributed by atoms with Gasteiger partial charge in [-0.3, -0.25) is 4.98 Å². The van der Waals surface area contributed by atoms with Gasteiger partial charge in [0.2, 0.25) is 0 Å². The van der Waals surface area contributed by atoms with Crippen molar-refractivity contribution in [2.45, 2.75) is 0 Å². The number of hydrogen-bond donors (Lipinski definition) is 0. The summed E-state index contributed by atoms with van der Waals surface area (Å²) in [6, 6.07) is 63.3. The molecule has 0 spiro atoms. The summed E-state index contributed by atoms with van der Waals surface area (Å²) < 4.78 is 0. The van der Waals surface area contributed by atoms with Gasteiger partial charge in [0, 0.05) is 34.3 Å². The van der Waals surface area contributed by atoms with E-state index in [9.17, 15) is 0 Å². The Bertz CT molecular complexity index is 3170. The van der Waals surface area contributed by atoms with Crippen molar-refractivity contribution in [1.29, 1.82) is 0 Å². The quantitative estimate of drug-likeness (QED) is 0.169. The van der Waals surface area contributed by atoms with Gasteiger partial charge in [-0.15, -0.1) is 0 Å². The van der Waals surface area contributed by atoms with Gasteiger partial charge in [-0.05, 0) is 90.0 Å². The molecule has 3 heteroatoms. The van der Waals surface area contributed by atoms with E-state index in [1.54, 1.807) is 6.20 Å². The zero-order chi connectivity index (χ0) is 35.6. The molecule has 0 aliphatic carbocycles. The van der Waals surface area contributed by atoms with Crippen molar-refractivity contribution in [3.63, 3.8) is 0 Å². The first-order valence-electron chi connectivity index (χ1n) is 18.3. The van der Waals surface area contributed by atoms with Crippen LogP contribution in [0.5, 0.6) is 0 Å². The second-order valence-electron chi connectivity index (χ2n) is 14.0. The van der Waals surface area contributed by atoms with Crippen LogP contribution < -0.4 is 0 Å². The third-order valence-corrected chi connectivity index (χ3v) is 10.9. The van der Waals surface area contributed by atoms with E-state index in [0.717, 1.165) is 44.3 Å². The van der Waals surface area contributed by atoms with Crippen LogP contribution >= 0.6 is 0 Å². The highest BCUT2D eigenvalue weighted by molar-refractivity contribution is 6.27. The predicted molar refractivity (Wildman–Crippen MR) is 226 cm³/mol. The number of hydrogen-bond acceptors (Lipinski definition) is 3. The average Bonchev–Trinajstić information content (AvgIpc) is 3.26. The number of rotatable bonds is 5. The molecule has 11 aromatic rings. The van der Waals surface area contributed by atoms with Crippen LogP contribution in [0.25, 0.3) is 110 Å². The molecule has 0 saturated heterocycles. The lowest BCUT2D eigenvalue weighted by molar-refractivity contribution is 1.30. The zero-order valence-electron chi connectivity index (χ0n) is 29.2. The summed E-state index contributed by atoms with van der Waals surface area (Å²) in [5, 5.41) is 9.84. The fraction of sp³-hybridized carbons (Fsp3) is 0. The summed E-state index contributed by atoms with van der Waals surface area (Å²) in [4.78, 5) is 14.5. The Morgan fingerprint density at radius 2 is 0.741 bits per heavy atom. The monoisotopic (exact) mass is 685 g/mol. The highest BCUT2D eigenvalue weighted by Gasteiger charge is 2.16. The third kappa shape index (κ3) is 4.94. The Morgan fingerprint density at radius 3 is 1.30 bits per heavy atom. The van der Waals surface area contributed by atoms with Crippen LogP contribution in [0, 0.1) is 0 Å². The lowest BCUT2D eigenvalue weighted by Gasteiger charge is -2.17. The maximum absolute atomic E-state index is 5.19. The molecule has 0 aliphatic heterocycles. The van der Waals surface area contributed by atoms with Gasteiger partial charge in [-0.1, -0.05) is 152 Å². The molecule has 0 bridgehead atoms. The fourth-order valence-corrected chi connectivity index (χ4v) is 8.20. The molecule has 54 heavy (non-hydrogen) atoms. The number of nitrogens with zero attached hydrogens (tertiary/aromatic N) is 3. The minimum atomic E-state index is 0.890. The van der Waals surface area contributed by atoms with E-state index >= 15 is 0 Å². The van der Waals surface area contributed by atoms with E-state index in [2.05, 4.69) is 169 Å². The van der Waals surface area contributed by atoms with Gasteiger partial charge in [0.25, 0.3) is 0 Å². The first-order chi connectivity index (χ1) is 26.7. The van der Waals surface area contributed by atoms with E-state index in [4.69, 9.17) is 9.97 Å². The van der Waals surface area contributed by atoms with Crippen molar-refractivity contribution in [1.82, 2.24) is 15.0 Å². The molecule has 0 amide bonds. The summed E-state index contributed by atoms with van der Waals surface area (Å²) in [5.74, 6) is 0. The van der Waals surface area contributed by atoms with Crippen molar-refractivity contribution in [3.05, 3.63) is 188 Å². The molecule has 0 N–H and O–H groups in total. The highest BCUT2D eigenvalue weighted by atomic mass is 14.8. The SMILES string of the molecule is c1ccc(-c2ccc(-c3ccc4ccc5c(-c6ccc(-c7ccc8ccc9ccc(-c%10cccnc%10)nc9c8n7)cc6)ccc6ccc3c4c65)cc2)cc1. The summed E-state index contributed by atoms with van der Waals surface area (Å²) >= 11 is 0. The third-order valence-electron chi connectivity index (χ3n) is 10.9. The molecule has 8 aromatic carbocycles. The van der Waals surface area contributed by atoms with E-state index in [-0.39, 0.29) is 0 Å². The minimum Gasteiger partial charge on any atom is -0.264 e. The van der Waals surface area contributed by atoms with E-state index in [1.807, 2.05) is 18.3 Å². The first-order valence-corrected chi connectivity index (χ1v) is 18.3. The van der Waals surface area contributed by atoms with Gasteiger partial charge < -0.3 is 0 Å². The topological polar surface area (TPSA) is 38.7 Å². The van der Waals surface area contributed by atoms with E-state index < -0.39 is 0 Å². The largest absolute Gasteiger partial charge is 0.264 e. The second kappa shape index (κ2) is 12.2. The summed E-state index contributed by atoms with van der Waals surface area (Å²) in [6.45, 7) is 0. The Morgan fingerprint density at radius 1 is 0.296 bits per heavy atom. The lowest BCUT2D eigenvalue weighted by Crippen LogP contribution is -1.91. The van der Waals surface area contributed by atoms with Crippen LogP contribution in [0.15, 0.2) is 188 Å². The van der Waals surface area contributed by atoms with Gasteiger partial charge in [0.15, 0.2) is 0 Å². The van der Waals surface area contributed by atoms with Crippen LogP contribution in [0.4, 0.5) is 0 Å². The summed E-state index contributed by atoms with van der Waals surface area (Å²) in [6.07, 6.45) is 3.63. The molecule has 0 fully saturated rings. The predicted octanol–water partition coefficient (Wildman–Crippen LogP) is 13.4. The van der Waals surface area contributed by atoms with Crippen molar-refractivity contribution in [3.8, 4) is 55.9 Å². The molecule has 0 saturated carbocycles. The maximum atomic E-state index is 5.19. The van der Waals surface area contributed by atoms with Crippen LogP contribution in [0.1, 0.15) is 0 Å². The normalized spacial score (nSPS) is 11.7. The molecule has 0 unspecified atom stereocenters. The number of benzene rings is 8. The average molecular weight is 686 g/mol. The Kier molecular flexibility index (Phi) is 6.86. The molecule has 3 aromatic heterocycles. The molecule has 3 nitrogen and oxygen atoms in total. The van der Waals surface area contributed by atoms with Gasteiger partial charge in [0.05, 0.1) is 22.4 Å². The second-order valence-corrected chi connectivity index (χ2v) is 14.0. The van der Waals surface area contributed by atoms with Crippen molar-refractivity contribution in [2.24, 2.45) is 0 Å². The molecule has 250 valence electrons. The van der Waals surface area contributed by atoms with Crippen LogP contribution in [-0.2, 0) is 0 Å². The van der Waals surface area contributed by atoms with Gasteiger partial charge in [0.1, 0.15) is 0 Å². The van der Waals surface area contributed by atoms with Crippen molar-refractivity contribution in [2.75, 3.05) is 0 Å². The van der Waals surface area contributed by atoms with Crippen LogP contribution in [0.2, 0.25) is 0 Å². The zero-order valence-corrected chi connectivity index (χ0v) is 29.2.